The van der Waals surface area contributed by atoms with Crippen LogP contribution in [-0.2, 0) is 0 Å². The van der Waals surface area contributed by atoms with Gasteiger partial charge in [-0.05, 0) is 30.7 Å². The predicted octanol–water partition coefficient (Wildman–Crippen LogP) is 3.33. The third-order valence-corrected chi connectivity index (χ3v) is 2.31. The Hall–Kier alpha value is -1.71. The highest BCUT2D eigenvalue weighted by molar-refractivity contribution is 5.80. The van der Waals surface area contributed by atoms with E-state index in [1.807, 2.05) is 6.92 Å². The van der Waals surface area contributed by atoms with Crippen molar-refractivity contribution in [1.29, 1.82) is 0 Å². The number of hydrogen-bond donors (Lipinski definition) is 1. The van der Waals surface area contributed by atoms with Crippen molar-refractivity contribution in [2.45, 2.75) is 13.3 Å². The second kappa shape index (κ2) is 4.43. The van der Waals surface area contributed by atoms with Gasteiger partial charge in [-0.3, -0.25) is 0 Å². The predicted molar refractivity (Wildman–Crippen MR) is 60.4 cm³/mol. The Labute approximate surface area is 92.3 Å². The van der Waals surface area contributed by atoms with Gasteiger partial charge < -0.3 is 5.32 Å². The highest BCUT2D eigenvalue weighted by Gasteiger charge is 2.08. The molecule has 0 bridgehead atoms. The molecule has 0 amide bonds. The molecule has 1 aromatic heterocycles. The molecule has 0 aliphatic heterocycles. The number of nitrogens with one attached hydrogen (secondary N) is 1. The summed E-state index contributed by atoms with van der Waals surface area (Å²) in [4.78, 5) is 4.05. The molecule has 4 heteroatoms. The van der Waals surface area contributed by atoms with E-state index in [4.69, 9.17) is 0 Å². The van der Waals surface area contributed by atoms with Crippen LogP contribution in [-0.4, -0.2) is 11.5 Å². The zero-order chi connectivity index (χ0) is 11.5. The summed E-state index contributed by atoms with van der Waals surface area (Å²) >= 11 is 0. The first kappa shape index (κ1) is 10.8. The summed E-state index contributed by atoms with van der Waals surface area (Å²) in [5.41, 5.74) is 0.0705. The maximum atomic E-state index is 13.4. The lowest BCUT2D eigenvalue weighted by atomic mass is 10.2. The van der Waals surface area contributed by atoms with Crippen LogP contribution in [0.5, 0.6) is 0 Å². The van der Waals surface area contributed by atoms with Gasteiger partial charge in [0.2, 0.25) is 0 Å². The van der Waals surface area contributed by atoms with E-state index in [9.17, 15) is 8.78 Å². The quantitative estimate of drug-likeness (QED) is 0.861. The molecule has 84 valence electrons. The molecule has 16 heavy (non-hydrogen) atoms. The lowest BCUT2D eigenvalue weighted by Crippen LogP contribution is -2.02. The molecule has 0 aliphatic rings. The minimum absolute atomic E-state index is 0.0705. The van der Waals surface area contributed by atoms with Crippen molar-refractivity contribution >= 4 is 16.7 Å². The average Bonchev–Trinajstić information content (AvgIpc) is 2.31. The molecule has 0 aliphatic carbocycles. The standard InChI is InChI=1S/C12H12F2N2/c1-2-7-15-10-6-4-8-3-5-9(13)11(14)12(8)16-10/h3-6H,2,7H2,1H3,(H,15,16). The number of fused-ring (bicyclic) bond motifs is 1. The molecule has 0 saturated heterocycles. The SMILES string of the molecule is CCCNc1ccc2ccc(F)c(F)c2n1. The van der Waals surface area contributed by atoms with Crippen LogP contribution in [0.1, 0.15) is 13.3 Å². The van der Waals surface area contributed by atoms with Crippen molar-refractivity contribution < 1.29 is 8.78 Å². The molecule has 2 nitrogen and oxygen atoms in total. The minimum Gasteiger partial charge on any atom is -0.370 e. The molecule has 0 spiro atoms. The molecule has 0 saturated carbocycles. The molecule has 0 atom stereocenters. The number of halogens is 2. The maximum Gasteiger partial charge on any atom is 0.185 e. The lowest BCUT2D eigenvalue weighted by Gasteiger charge is -2.05. The fraction of sp³-hybridized carbons (Fsp3) is 0.250. The summed E-state index contributed by atoms with van der Waals surface area (Å²) in [5.74, 6) is -1.19. The normalized spacial score (nSPS) is 10.7. The largest absolute Gasteiger partial charge is 0.370 e. The van der Waals surface area contributed by atoms with E-state index in [1.165, 1.54) is 6.07 Å². The van der Waals surface area contributed by atoms with Crippen LogP contribution in [0.25, 0.3) is 10.9 Å². The molecule has 1 aromatic carbocycles. The van der Waals surface area contributed by atoms with Gasteiger partial charge in [-0.15, -0.1) is 0 Å². The number of benzene rings is 1. The van der Waals surface area contributed by atoms with E-state index >= 15 is 0 Å². The van der Waals surface area contributed by atoms with Gasteiger partial charge in [0.1, 0.15) is 11.3 Å². The monoisotopic (exact) mass is 222 g/mol. The fourth-order valence-corrected chi connectivity index (χ4v) is 1.48. The summed E-state index contributed by atoms with van der Waals surface area (Å²) in [6, 6.07) is 6.11. The lowest BCUT2D eigenvalue weighted by molar-refractivity contribution is 0.515. The first-order chi connectivity index (χ1) is 7.72. The molecule has 2 rings (SSSR count). The fourth-order valence-electron chi connectivity index (χ4n) is 1.48. The second-order valence-corrected chi connectivity index (χ2v) is 3.56. The Morgan fingerprint density at radius 3 is 2.69 bits per heavy atom. The van der Waals surface area contributed by atoms with E-state index in [0.29, 0.717) is 11.2 Å². The van der Waals surface area contributed by atoms with Gasteiger partial charge in [0.15, 0.2) is 11.6 Å². The number of nitrogens with zero attached hydrogens (tertiary/aromatic N) is 1. The highest BCUT2D eigenvalue weighted by Crippen LogP contribution is 2.20. The van der Waals surface area contributed by atoms with Crippen LogP contribution >= 0.6 is 0 Å². The Balaban J connectivity index is 2.47. The van der Waals surface area contributed by atoms with Crippen LogP contribution in [0.15, 0.2) is 24.3 Å². The number of rotatable bonds is 3. The zero-order valence-corrected chi connectivity index (χ0v) is 8.93. The van der Waals surface area contributed by atoms with Crippen LogP contribution in [0.4, 0.5) is 14.6 Å². The average molecular weight is 222 g/mol. The molecular weight excluding hydrogens is 210 g/mol. The third kappa shape index (κ3) is 1.96. The van der Waals surface area contributed by atoms with Gasteiger partial charge in [-0.2, -0.15) is 0 Å². The smallest absolute Gasteiger partial charge is 0.185 e. The maximum absolute atomic E-state index is 13.4. The van der Waals surface area contributed by atoms with Crippen molar-refractivity contribution in [3.63, 3.8) is 0 Å². The molecule has 2 aromatic rings. The summed E-state index contributed by atoms with van der Waals surface area (Å²) in [7, 11) is 0. The van der Waals surface area contributed by atoms with Crippen LogP contribution in [0.3, 0.4) is 0 Å². The third-order valence-electron chi connectivity index (χ3n) is 2.31. The number of anilines is 1. The van der Waals surface area contributed by atoms with Crippen LogP contribution < -0.4 is 5.32 Å². The molecular formula is C12H12F2N2. The number of aromatic nitrogens is 1. The van der Waals surface area contributed by atoms with Gasteiger partial charge in [0.05, 0.1) is 0 Å². The Bertz CT molecular complexity index is 512. The Morgan fingerprint density at radius 1 is 1.19 bits per heavy atom. The summed E-state index contributed by atoms with van der Waals surface area (Å²) < 4.78 is 26.4. The van der Waals surface area contributed by atoms with Gasteiger partial charge in [-0.25, -0.2) is 13.8 Å². The van der Waals surface area contributed by atoms with E-state index in [0.717, 1.165) is 19.0 Å². The van der Waals surface area contributed by atoms with E-state index in [-0.39, 0.29) is 5.52 Å². The van der Waals surface area contributed by atoms with Crippen molar-refractivity contribution in [3.8, 4) is 0 Å². The Morgan fingerprint density at radius 2 is 1.94 bits per heavy atom. The summed E-state index contributed by atoms with van der Waals surface area (Å²) in [5, 5.41) is 3.63. The van der Waals surface area contributed by atoms with E-state index < -0.39 is 11.6 Å². The van der Waals surface area contributed by atoms with Gasteiger partial charge >= 0.3 is 0 Å². The summed E-state index contributed by atoms with van der Waals surface area (Å²) in [6.45, 7) is 2.78. The molecule has 0 fully saturated rings. The number of hydrogen-bond acceptors (Lipinski definition) is 2. The summed E-state index contributed by atoms with van der Waals surface area (Å²) in [6.07, 6.45) is 0.950. The molecule has 1 N–H and O–H groups in total. The van der Waals surface area contributed by atoms with Gasteiger partial charge in [-0.1, -0.05) is 6.92 Å². The van der Waals surface area contributed by atoms with Crippen molar-refractivity contribution in [3.05, 3.63) is 35.9 Å². The van der Waals surface area contributed by atoms with Crippen LogP contribution in [0.2, 0.25) is 0 Å². The van der Waals surface area contributed by atoms with Gasteiger partial charge in [0, 0.05) is 11.9 Å². The molecule has 0 unspecified atom stereocenters. The van der Waals surface area contributed by atoms with Crippen molar-refractivity contribution in [1.82, 2.24) is 4.98 Å². The van der Waals surface area contributed by atoms with Gasteiger partial charge in [0.25, 0.3) is 0 Å². The highest BCUT2D eigenvalue weighted by atomic mass is 19.2. The molecule has 1 heterocycles. The van der Waals surface area contributed by atoms with E-state index in [1.54, 1.807) is 12.1 Å². The first-order valence-corrected chi connectivity index (χ1v) is 5.21. The second-order valence-electron chi connectivity index (χ2n) is 3.56. The minimum atomic E-state index is -0.891. The zero-order valence-electron chi connectivity index (χ0n) is 8.93. The Kier molecular flexibility index (Phi) is 2.99. The number of pyridine rings is 1. The molecule has 0 radical (unpaired) electrons. The van der Waals surface area contributed by atoms with Crippen molar-refractivity contribution in [2.24, 2.45) is 0 Å². The topological polar surface area (TPSA) is 24.9 Å². The first-order valence-electron chi connectivity index (χ1n) is 5.21. The van der Waals surface area contributed by atoms with E-state index in [2.05, 4.69) is 10.3 Å². The van der Waals surface area contributed by atoms with Crippen molar-refractivity contribution in [2.75, 3.05) is 11.9 Å². The van der Waals surface area contributed by atoms with Crippen LogP contribution in [0, 0.1) is 11.6 Å².